The molecular formula is H6N3O6P3Rh2. The zero-order chi connectivity index (χ0) is 10.7. The fourth-order valence-corrected chi connectivity index (χ4v) is 0. The van der Waals surface area contributed by atoms with Gasteiger partial charge in [0, 0.05) is 0 Å². The molecule has 0 aromatic heterocycles. The molecule has 0 amide bonds. The molecule has 9 nitrogen and oxygen atoms in total. The first-order chi connectivity index (χ1) is 5.20. The van der Waals surface area contributed by atoms with Crippen LogP contribution in [0.3, 0.4) is 0 Å². The Labute approximate surface area is 110 Å². The van der Waals surface area contributed by atoms with Crippen LogP contribution in [0.1, 0.15) is 0 Å². The van der Waals surface area contributed by atoms with E-state index in [-0.39, 0.29) is 39.0 Å². The van der Waals surface area contributed by atoms with E-state index in [0.29, 0.717) is 0 Å². The second-order valence-corrected chi connectivity index (χ2v) is 2.57. The molecule has 0 radical (unpaired) electrons. The summed E-state index contributed by atoms with van der Waals surface area (Å²) in [6.07, 6.45) is 0. The molecule has 0 spiro atoms. The molecule has 0 aliphatic heterocycles. The van der Waals surface area contributed by atoms with Gasteiger partial charge in [0.25, 0.3) is 0 Å². The van der Waals surface area contributed by atoms with Gasteiger partial charge in [-0.25, -0.2) is 25.6 Å². The average Bonchev–Trinajstić information content (AvgIpc) is 1.54. The maximum absolute atomic E-state index is 8.81. The van der Waals surface area contributed by atoms with Gasteiger partial charge in [0.2, 0.25) is 0 Å². The van der Waals surface area contributed by atoms with Crippen molar-refractivity contribution < 1.29 is 68.3 Å². The van der Waals surface area contributed by atoms with Crippen molar-refractivity contribution in [1.29, 1.82) is 0 Å². The molecule has 0 aromatic carbocycles. The van der Waals surface area contributed by atoms with Crippen LogP contribution >= 0.6 is 25.6 Å². The first kappa shape index (κ1) is 29.8. The fourth-order valence-electron chi connectivity index (χ4n) is 0. The van der Waals surface area contributed by atoms with E-state index < -0.39 is 25.6 Å². The van der Waals surface area contributed by atoms with Crippen molar-refractivity contribution in [3.8, 4) is 0 Å². The van der Waals surface area contributed by atoms with Crippen molar-refractivity contribution in [3.63, 3.8) is 0 Å². The molecule has 0 rings (SSSR count). The third-order valence-electron chi connectivity index (χ3n) is 0. The Balaban J connectivity index is -0.0000000270. The summed E-state index contributed by atoms with van der Waals surface area (Å²) in [4.78, 5) is 52.9. The van der Waals surface area contributed by atoms with E-state index in [9.17, 15) is 0 Å². The summed E-state index contributed by atoms with van der Waals surface area (Å²) in [7, 11) is -7.86. The number of rotatable bonds is 0. The summed E-state index contributed by atoms with van der Waals surface area (Å²) >= 11 is 0. The standard InChI is InChI=1S/3H2NO2P.2Rh/c3*1-4(2)3;;/h3*1H2;;/q3*-2;2*+3. The molecule has 14 heteroatoms. The van der Waals surface area contributed by atoms with Crippen LogP contribution in [0.5, 0.6) is 0 Å². The topological polar surface area (TPSA) is 216 Å². The van der Waals surface area contributed by atoms with Crippen molar-refractivity contribution in [2.24, 2.45) is 16.5 Å². The van der Waals surface area contributed by atoms with E-state index in [1.165, 1.54) is 0 Å². The summed E-state index contributed by atoms with van der Waals surface area (Å²) in [5.41, 5.74) is 12.2. The molecule has 90 valence electrons. The summed E-state index contributed by atoms with van der Waals surface area (Å²) < 4.78 is 0. The third kappa shape index (κ3) is 519. The van der Waals surface area contributed by atoms with E-state index in [4.69, 9.17) is 29.4 Å². The summed E-state index contributed by atoms with van der Waals surface area (Å²) in [6, 6.07) is 0. The van der Waals surface area contributed by atoms with Gasteiger partial charge in [0.1, 0.15) is 0 Å². The number of hydrogen-bond acceptors (Lipinski definition) is 9. The zero-order valence-electron chi connectivity index (χ0n) is 6.19. The second kappa shape index (κ2) is 24.4. The van der Waals surface area contributed by atoms with Crippen LogP contribution in [-0.4, -0.2) is 0 Å². The quantitative estimate of drug-likeness (QED) is 0.239. The predicted molar refractivity (Wildman–Crippen MR) is 33.3 cm³/mol. The Morgan fingerprint density at radius 1 is 0.500 bits per heavy atom. The van der Waals surface area contributed by atoms with Crippen molar-refractivity contribution >= 4 is 25.6 Å². The van der Waals surface area contributed by atoms with Crippen LogP contribution in [0.25, 0.3) is 0 Å². The molecule has 0 bridgehead atoms. The van der Waals surface area contributed by atoms with Crippen LogP contribution < -0.4 is 45.9 Å². The van der Waals surface area contributed by atoms with Crippen molar-refractivity contribution in [1.82, 2.24) is 0 Å². The van der Waals surface area contributed by atoms with Gasteiger partial charge in [0.15, 0.2) is 0 Å². The SMILES string of the molecule is NP([O-])[O-].NP([O-])[O-].NP([O-])[O-].[Rh+3].[Rh+3]. The second-order valence-electron chi connectivity index (χ2n) is 0.856. The normalized spacial score (nSPS) is 7.71. The van der Waals surface area contributed by atoms with Crippen molar-refractivity contribution in [2.75, 3.05) is 0 Å². The predicted octanol–water partition coefficient (Wildman–Crippen LogP) is -6.33. The van der Waals surface area contributed by atoms with Gasteiger partial charge >= 0.3 is 39.0 Å². The van der Waals surface area contributed by atoms with Gasteiger partial charge in [-0.3, -0.25) is 0 Å². The first-order valence-electron chi connectivity index (χ1n) is 1.87. The molecular weight excluding hydrogens is 437 g/mol. The van der Waals surface area contributed by atoms with Crippen LogP contribution in [-0.2, 0) is 39.0 Å². The van der Waals surface area contributed by atoms with Gasteiger partial charge in [-0.05, 0) is 0 Å². The van der Waals surface area contributed by atoms with Gasteiger partial charge in [-0.15, -0.1) is 0 Å². The molecule has 6 N–H and O–H groups in total. The third-order valence-corrected chi connectivity index (χ3v) is 0. The van der Waals surface area contributed by atoms with Gasteiger partial charge in [0.05, 0.1) is 0 Å². The van der Waals surface area contributed by atoms with Crippen LogP contribution in [0.4, 0.5) is 0 Å². The maximum Gasteiger partial charge on any atom is 3.00 e. The minimum absolute atomic E-state index is 0. The molecule has 0 unspecified atom stereocenters. The van der Waals surface area contributed by atoms with Gasteiger partial charge in [-0.2, -0.15) is 0 Å². The molecule has 0 heterocycles. The molecule has 0 aromatic rings. The largest absolute Gasteiger partial charge is 3.00 e. The Kier molecular flexibility index (Phi) is 52.0. The molecule has 0 saturated heterocycles. The van der Waals surface area contributed by atoms with Crippen LogP contribution in [0, 0.1) is 0 Å². The van der Waals surface area contributed by atoms with E-state index in [2.05, 4.69) is 16.5 Å². The monoisotopic (exact) mass is 443 g/mol. The van der Waals surface area contributed by atoms with Crippen molar-refractivity contribution in [3.05, 3.63) is 0 Å². The summed E-state index contributed by atoms with van der Waals surface area (Å²) in [6.45, 7) is 0. The first-order valence-corrected chi connectivity index (χ1v) is 5.61. The Morgan fingerprint density at radius 3 is 0.500 bits per heavy atom. The molecule has 0 aliphatic carbocycles. The minimum atomic E-state index is -2.62. The summed E-state index contributed by atoms with van der Waals surface area (Å²) in [5.74, 6) is 0. The summed E-state index contributed by atoms with van der Waals surface area (Å²) in [5, 5.41) is 0. The van der Waals surface area contributed by atoms with Crippen LogP contribution in [0.15, 0.2) is 0 Å². The van der Waals surface area contributed by atoms with Gasteiger partial charge < -0.3 is 45.9 Å². The van der Waals surface area contributed by atoms with E-state index in [1.54, 1.807) is 0 Å². The Morgan fingerprint density at radius 2 is 0.500 bits per heavy atom. The van der Waals surface area contributed by atoms with Gasteiger partial charge in [-0.1, -0.05) is 0 Å². The average molecular weight is 443 g/mol. The number of hydrogen-bond donors (Lipinski definition) is 3. The maximum atomic E-state index is 8.81. The molecule has 0 fully saturated rings. The fraction of sp³-hybridized carbons (Fsp3) is 0. The van der Waals surface area contributed by atoms with E-state index in [0.717, 1.165) is 0 Å². The van der Waals surface area contributed by atoms with E-state index in [1.807, 2.05) is 0 Å². The smallest absolute Gasteiger partial charge is 0.830 e. The van der Waals surface area contributed by atoms with Crippen molar-refractivity contribution in [2.45, 2.75) is 0 Å². The Bertz CT molecular complexity index is 54.8. The molecule has 0 atom stereocenters. The molecule has 0 saturated carbocycles. The Hall–Kier alpha value is 2.18. The molecule has 0 aliphatic rings. The molecule has 14 heavy (non-hydrogen) atoms. The number of nitrogens with two attached hydrogens (primary N) is 3. The van der Waals surface area contributed by atoms with E-state index >= 15 is 0 Å². The zero-order valence-corrected chi connectivity index (χ0v) is 12.2. The van der Waals surface area contributed by atoms with Crippen LogP contribution in [0.2, 0.25) is 0 Å². The minimum Gasteiger partial charge on any atom is -0.830 e.